The number of aryl methyl sites for hydroxylation is 1. The number of fused-ring (bicyclic) bond motifs is 1. The molecule has 14 heavy (non-hydrogen) atoms. The van der Waals surface area contributed by atoms with Crippen molar-refractivity contribution < 1.29 is 9.59 Å². The molecule has 2 amide bonds. The van der Waals surface area contributed by atoms with E-state index in [1.54, 1.807) is 6.07 Å². The minimum absolute atomic E-state index is 0.256. The number of rotatable bonds is 2. The number of imide groups is 1. The molecule has 0 saturated heterocycles. The van der Waals surface area contributed by atoms with Gasteiger partial charge in [-0.15, -0.1) is 0 Å². The monoisotopic (exact) mass is 189 g/mol. The second-order valence-corrected chi connectivity index (χ2v) is 3.37. The SMILES string of the molecule is CCCc1cccc2c1C(=O)NC2=O. The molecule has 1 aromatic carbocycles. The largest absolute Gasteiger partial charge is 0.288 e. The summed E-state index contributed by atoms with van der Waals surface area (Å²) in [5.74, 6) is -0.531. The van der Waals surface area contributed by atoms with Gasteiger partial charge in [-0.3, -0.25) is 14.9 Å². The molecule has 3 heteroatoms. The quantitative estimate of drug-likeness (QED) is 0.717. The van der Waals surface area contributed by atoms with Crippen LogP contribution >= 0.6 is 0 Å². The first-order valence-corrected chi connectivity index (χ1v) is 4.71. The van der Waals surface area contributed by atoms with Crippen molar-refractivity contribution in [2.45, 2.75) is 19.8 Å². The standard InChI is InChI=1S/C11H11NO2/c1-2-4-7-5-3-6-8-9(7)11(14)12-10(8)13/h3,5-6H,2,4H2,1H3,(H,12,13,14). The maximum absolute atomic E-state index is 11.4. The normalized spacial score (nSPS) is 14.1. The summed E-state index contributed by atoms with van der Waals surface area (Å²) in [6.07, 6.45) is 1.81. The lowest BCUT2D eigenvalue weighted by atomic mass is 9.99. The van der Waals surface area contributed by atoms with Crippen LogP contribution in [0.15, 0.2) is 18.2 Å². The summed E-state index contributed by atoms with van der Waals surface area (Å²) in [5, 5.41) is 2.30. The fourth-order valence-corrected chi connectivity index (χ4v) is 1.77. The van der Waals surface area contributed by atoms with E-state index in [0.717, 1.165) is 18.4 Å². The summed E-state index contributed by atoms with van der Waals surface area (Å²) in [6, 6.07) is 5.41. The first kappa shape index (κ1) is 8.94. The maximum Gasteiger partial charge on any atom is 0.259 e. The molecule has 0 saturated carbocycles. The molecule has 1 N–H and O–H groups in total. The van der Waals surface area contributed by atoms with Crippen molar-refractivity contribution in [2.24, 2.45) is 0 Å². The third kappa shape index (κ3) is 1.21. The van der Waals surface area contributed by atoms with Gasteiger partial charge in [0.1, 0.15) is 0 Å². The number of benzene rings is 1. The van der Waals surface area contributed by atoms with Crippen LogP contribution in [0.5, 0.6) is 0 Å². The van der Waals surface area contributed by atoms with Crippen molar-refractivity contribution in [1.82, 2.24) is 5.32 Å². The zero-order chi connectivity index (χ0) is 10.1. The van der Waals surface area contributed by atoms with Crippen LogP contribution < -0.4 is 5.32 Å². The molecule has 1 aliphatic rings. The highest BCUT2D eigenvalue weighted by Crippen LogP contribution is 2.20. The predicted octanol–water partition coefficient (Wildman–Crippen LogP) is 1.52. The van der Waals surface area contributed by atoms with Gasteiger partial charge in [-0.1, -0.05) is 25.5 Å². The fraction of sp³-hybridized carbons (Fsp3) is 0.273. The zero-order valence-corrected chi connectivity index (χ0v) is 7.96. The number of hydrogen-bond donors (Lipinski definition) is 1. The maximum atomic E-state index is 11.4. The van der Waals surface area contributed by atoms with E-state index in [9.17, 15) is 9.59 Å². The summed E-state index contributed by atoms with van der Waals surface area (Å²) in [4.78, 5) is 22.7. The Bertz CT molecular complexity index is 410. The number of carbonyl (C=O) groups is 2. The Morgan fingerprint density at radius 1 is 1.21 bits per heavy atom. The fourth-order valence-electron chi connectivity index (χ4n) is 1.77. The van der Waals surface area contributed by atoms with Crippen molar-refractivity contribution in [3.8, 4) is 0 Å². The first-order chi connectivity index (χ1) is 6.74. The Hall–Kier alpha value is -1.64. The van der Waals surface area contributed by atoms with Gasteiger partial charge < -0.3 is 0 Å². The van der Waals surface area contributed by atoms with Gasteiger partial charge in [-0.2, -0.15) is 0 Å². The van der Waals surface area contributed by atoms with Gasteiger partial charge in [0.15, 0.2) is 0 Å². The van der Waals surface area contributed by atoms with Crippen LogP contribution in [-0.4, -0.2) is 11.8 Å². The van der Waals surface area contributed by atoms with Gasteiger partial charge >= 0.3 is 0 Å². The van der Waals surface area contributed by atoms with E-state index in [-0.39, 0.29) is 11.8 Å². The minimum atomic E-state index is -0.275. The Balaban J connectivity index is 2.56. The molecule has 0 radical (unpaired) electrons. The van der Waals surface area contributed by atoms with Gasteiger partial charge in [0.05, 0.1) is 11.1 Å². The number of nitrogens with one attached hydrogen (secondary N) is 1. The molecular formula is C11H11NO2. The van der Waals surface area contributed by atoms with Gasteiger partial charge in [-0.25, -0.2) is 0 Å². The zero-order valence-electron chi connectivity index (χ0n) is 7.96. The van der Waals surface area contributed by atoms with E-state index in [4.69, 9.17) is 0 Å². The number of hydrogen-bond acceptors (Lipinski definition) is 2. The summed E-state index contributed by atoms with van der Waals surface area (Å²) >= 11 is 0. The van der Waals surface area contributed by atoms with Crippen LogP contribution in [0.3, 0.4) is 0 Å². The van der Waals surface area contributed by atoms with Crippen LogP contribution in [0.25, 0.3) is 0 Å². The van der Waals surface area contributed by atoms with Crippen LogP contribution in [0.2, 0.25) is 0 Å². The van der Waals surface area contributed by atoms with Crippen LogP contribution in [-0.2, 0) is 6.42 Å². The Morgan fingerprint density at radius 3 is 2.71 bits per heavy atom. The van der Waals surface area contributed by atoms with Crippen molar-refractivity contribution in [3.63, 3.8) is 0 Å². The molecule has 0 aromatic heterocycles. The van der Waals surface area contributed by atoms with Crippen LogP contribution in [0, 0.1) is 0 Å². The summed E-state index contributed by atoms with van der Waals surface area (Å²) in [5.41, 5.74) is 2.05. The van der Waals surface area contributed by atoms with Gasteiger partial charge in [-0.05, 0) is 18.1 Å². The van der Waals surface area contributed by atoms with E-state index in [2.05, 4.69) is 5.32 Å². The Morgan fingerprint density at radius 2 is 2.00 bits per heavy atom. The van der Waals surface area contributed by atoms with Crippen LogP contribution in [0.4, 0.5) is 0 Å². The van der Waals surface area contributed by atoms with E-state index in [1.165, 1.54) is 0 Å². The molecule has 1 aliphatic heterocycles. The number of carbonyl (C=O) groups excluding carboxylic acids is 2. The van der Waals surface area contributed by atoms with Crippen molar-refractivity contribution in [2.75, 3.05) is 0 Å². The topological polar surface area (TPSA) is 46.2 Å². The molecule has 2 rings (SSSR count). The molecule has 72 valence electrons. The minimum Gasteiger partial charge on any atom is -0.288 e. The van der Waals surface area contributed by atoms with E-state index >= 15 is 0 Å². The average Bonchev–Trinajstić information content (AvgIpc) is 2.44. The molecular weight excluding hydrogens is 178 g/mol. The van der Waals surface area contributed by atoms with E-state index in [1.807, 2.05) is 19.1 Å². The second-order valence-electron chi connectivity index (χ2n) is 3.37. The van der Waals surface area contributed by atoms with Crippen molar-refractivity contribution in [3.05, 3.63) is 34.9 Å². The summed E-state index contributed by atoms with van der Waals surface area (Å²) in [7, 11) is 0. The van der Waals surface area contributed by atoms with Gasteiger partial charge in [0.2, 0.25) is 0 Å². The Labute approximate surface area is 82.1 Å². The molecule has 0 spiro atoms. The first-order valence-electron chi connectivity index (χ1n) is 4.71. The second kappa shape index (κ2) is 3.25. The lowest BCUT2D eigenvalue weighted by molar-refractivity contribution is 0.0879. The smallest absolute Gasteiger partial charge is 0.259 e. The van der Waals surface area contributed by atoms with Crippen LogP contribution in [0.1, 0.15) is 39.6 Å². The average molecular weight is 189 g/mol. The number of amides is 2. The molecule has 1 heterocycles. The molecule has 0 aliphatic carbocycles. The summed E-state index contributed by atoms with van der Waals surface area (Å²) < 4.78 is 0. The van der Waals surface area contributed by atoms with E-state index < -0.39 is 0 Å². The molecule has 1 aromatic rings. The molecule has 0 fully saturated rings. The predicted molar refractivity (Wildman–Crippen MR) is 52.2 cm³/mol. The third-order valence-electron chi connectivity index (χ3n) is 2.37. The molecule has 0 bridgehead atoms. The lowest BCUT2D eigenvalue weighted by Crippen LogP contribution is -2.20. The van der Waals surface area contributed by atoms with Gasteiger partial charge in [0.25, 0.3) is 11.8 Å². The third-order valence-corrected chi connectivity index (χ3v) is 2.37. The molecule has 0 atom stereocenters. The van der Waals surface area contributed by atoms with Crippen molar-refractivity contribution in [1.29, 1.82) is 0 Å². The molecule has 3 nitrogen and oxygen atoms in total. The lowest BCUT2D eigenvalue weighted by Gasteiger charge is -2.02. The summed E-state index contributed by atoms with van der Waals surface area (Å²) in [6.45, 7) is 2.05. The highest BCUT2D eigenvalue weighted by atomic mass is 16.2. The van der Waals surface area contributed by atoms with E-state index in [0.29, 0.717) is 11.1 Å². The van der Waals surface area contributed by atoms with Crippen molar-refractivity contribution >= 4 is 11.8 Å². The highest BCUT2D eigenvalue weighted by Gasteiger charge is 2.28. The van der Waals surface area contributed by atoms with Gasteiger partial charge in [0, 0.05) is 0 Å². The Kier molecular flexibility index (Phi) is 2.08. The molecule has 0 unspecified atom stereocenters. The highest BCUT2D eigenvalue weighted by molar-refractivity contribution is 6.22.